The number of rotatable bonds is 6. The number of hydrogen-bond donors (Lipinski definition) is 2. The summed E-state index contributed by atoms with van der Waals surface area (Å²) in [6.45, 7) is 4.60. The summed E-state index contributed by atoms with van der Waals surface area (Å²) in [6.07, 6.45) is 13.8. The van der Waals surface area contributed by atoms with E-state index in [-0.39, 0.29) is 0 Å². The van der Waals surface area contributed by atoms with Gasteiger partial charge in [0.1, 0.15) is 0 Å². The van der Waals surface area contributed by atoms with E-state index in [1.807, 2.05) is 0 Å². The molecule has 0 aromatic carbocycles. The zero-order chi connectivity index (χ0) is 12.0. The second kappa shape index (κ2) is 6.27. The highest BCUT2D eigenvalue weighted by Gasteiger charge is 2.40. The summed E-state index contributed by atoms with van der Waals surface area (Å²) in [7, 11) is 0. The fraction of sp³-hybridized carbons (Fsp3) is 0.857. The minimum absolute atomic E-state index is 0.397. The van der Waals surface area contributed by atoms with E-state index in [1.165, 1.54) is 32.1 Å². The third-order valence-electron chi connectivity index (χ3n) is 3.93. The van der Waals surface area contributed by atoms with Gasteiger partial charge in [-0.3, -0.25) is 11.3 Å². The maximum atomic E-state index is 5.74. The molecule has 16 heavy (non-hydrogen) atoms. The van der Waals surface area contributed by atoms with Crippen molar-refractivity contribution in [1.29, 1.82) is 0 Å². The van der Waals surface area contributed by atoms with Crippen molar-refractivity contribution in [3.63, 3.8) is 0 Å². The Kier molecular flexibility index (Phi) is 5.31. The van der Waals surface area contributed by atoms with Crippen LogP contribution in [0.2, 0.25) is 0 Å². The van der Waals surface area contributed by atoms with E-state index in [0.717, 1.165) is 18.8 Å². The molecule has 0 aliphatic heterocycles. The van der Waals surface area contributed by atoms with E-state index >= 15 is 0 Å². The van der Waals surface area contributed by atoms with E-state index in [0.29, 0.717) is 11.5 Å². The van der Waals surface area contributed by atoms with Crippen LogP contribution in [0.15, 0.2) is 0 Å². The third-order valence-corrected chi connectivity index (χ3v) is 3.93. The van der Waals surface area contributed by atoms with Crippen LogP contribution >= 0.6 is 0 Å². The second-order valence-electron chi connectivity index (χ2n) is 5.63. The predicted molar refractivity (Wildman–Crippen MR) is 69.5 cm³/mol. The zero-order valence-electron chi connectivity index (χ0n) is 10.8. The molecule has 0 aromatic heterocycles. The van der Waals surface area contributed by atoms with Crippen LogP contribution < -0.4 is 11.3 Å². The van der Waals surface area contributed by atoms with Gasteiger partial charge in [-0.1, -0.05) is 26.7 Å². The van der Waals surface area contributed by atoms with Crippen LogP contribution in [0.4, 0.5) is 0 Å². The van der Waals surface area contributed by atoms with Gasteiger partial charge in [0.15, 0.2) is 0 Å². The summed E-state index contributed by atoms with van der Waals surface area (Å²) >= 11 is 0. The molecule has 0 bridgehead atoms. The van der Waals surface area contributed by atoms with Gasteiger partial charge in [-0.05, 0) is 37.0 Å². The Morgan fingerprint density at radius 2 is 2.00 bits per heavy atom. The Balaban J connectivity index is 2.69. The molecule has 1 fully saturated rings. The molecule has 1 saturated carbocycles. The topological polar surface area (TPSA) is 38.0 Å². The average molecular weight is 222 g/mol. The van der Waals surface area contributed by atoms with Crippen LogP contribution in [0.25, 0.3) is 0 Å². The van der Waals surface area contributed by atoms with Crippen molar-refractivity contribution >= 4 is 0 Å². The van der Waals surface area contributed by atoms with E-state index < -0.39 is 0 Å². The third kappa shape index (κ3) is 3.23. The highest BCUT2D eigenvalue weighted by molar-refractivity contribution is 4.97. The summed E-state index contributed by atoms with van der Waals surface area (Å²) in [5.41, 5.74) is 3.43. The van der Waals surface area contributed by atoms with Crippen molar-refractivity contribution < 1.29 is 0 Å². The molecule has 0 aromatic rings. The fourth-order valence-electron chi connectivity index (χ4n) is 3.38. The molecule has 1 aliphatic rings. The number of hydrogen-bond acceptors (Lipinski definition) is 2. The molecule has 3 N–H and O–H groups in total. The molecule has 92 valence electrons. The van der Waals surface area contributed by atoms with Gasteiger partial charge in [0, 0.05) is 12.5 Å². The molecule has 1 unspecified atom stereocenters. The lowest BCUT2D eigenvalue weighted by Gasteiger charge is -2.38. The molecule has 0 spiro atoms. The van der Waals surface area contributed by atoms with Crippen LogP contribution in [0.3, 0.4) is 0 Å². The van der Waals surface area contributed by atoms with Gasteiger partial charge in [0.05, 0.1) is 0 Å². The van der Waals surface area contributed by atoms with Crippen LogP contribution in [-0.2, 0) is 0 Å². The molecule has 0 saturated heterocycles. The van der Waals surface area contributed by atoms with Crippen LogP contribution in [0.1, 0.15) is 58.8 Å². The lowest BCUT2D eigenvalue weighted by Crippen LogP contribution is -2.47. The summed E-state index contributed by atoms with van der Waals surface area (Å²) in [5, 5.41) is 0. The minimum Gasteiger partial charge on any atom is -0.271 e. The molecule has 1 rings (SSSR count). The summed E-state index contributed by atoms with van der Waals surface area (Å²) in [6, 6.07) is 0.397. The van der Waals surface area contributed by atoms with Crippen molar-refractivity contribution in [1.82, 2.24) is 5.43 Å². The molecule has 0 radical (unpaired) electrons. The number of nitrogens with two attached hydrogens (primary N) is 1. The first-order valence-corrected chi connectivity index (χ1v) is 6.54. The first-order chi connectivity index (χ1) is 7.64. The molecule has 0 amide bonds. The normalized spacial score (nSPS) is 20.9. The van der Waals surface area contributed by atoms with Gasteiger partial charge in [-0.25, -0.2) is 0 Å². The standard InChI is InChI=1S/C14H26N2/c1-4-5-8-13(16-15)14(11-12(2)3)9-6-7-10-14/h1,12-13,16H,5-11,15H2,2-3H3. The summed E-state index contributed by atoms with van der Waals surface area (Å²) < 4.78 is 0. The SMILES string of the molecule is C#CCCC(NN)C1(CC(C)C)CCCC1. The van der Waals surface area contributed by atoms with Crippen molar-refractivity contribution in [3.8, 4) is 12.3 Å². The highest BCUT2D eigenvalue weighted by atomic mass is 15.2. The molecule has 2 heteroatoms. The van der Waals surface area contributed by atoms with Crippen molar-refractivity contribution in [2.75, 3.05) is 0 Å². The molecule has 1 atom stereocenters. The molecular weight excluding hydrogens is 196 g/mol. The van der Waals surface area contributed by atoms with Gasteiger partial charge >= 0.3 is 0 Å². The zero-order valence-corrected chi connectivity index (χ0v) is 10.8. The van der Waals surface area contributed by atoms with Gasteiger partial charge in [-0.2, -0.15) is 0 Å². The molecule has 0 heterocycles. The van der Waals surface area contributed by atoms with Gasteiger partial charge in [0.2, 0.25) is 0 Å². The largest absolute Gasteiger partial charge is 0.271 e. The van der Waals surface area contributed by atoms with Gasteiger partial charge in [0.25, 0.3) is 0 Å². The van der Waals surface area contributed by atoms with E-state index in [1.54, 1.807) is 0 Å². The first-order valence-electron chi connectivity index (χ1n) is 6.54. The quantitative estimate of drug-likeness (QED) is 0.412. The minimum atomic E-state index is 0.397. The van der Waals surface area contributed by atoms with Crippen molar-refractivity contribution in [3.05, 3.63) is 0 Å². The molecular formula is C14H26N2. The van der Waals surface area contributed by atoms with Crippen molar-refractivity contribution in [2.45, 2.75) is 64.8 Å². The van der Waals surface area contributed by atoms with Gasteiger partial charge in [-0.15, -0.1) is 12.3 Å². The Morgan fingerprint density at radius 1 is 1.38 bits per heavy atom. The summed E-state index contributed by atoms with van der Waals surface area (Å²) in [4.78, 5) is 0. The van der Waals surface area contributed by atoms with Crippen LogP contribution in [0.5, 0.6) is 0 Å². The Bertz CT molecular complexity index is 234. The average Bonchev–Trinajstić information content (AvgIpc) is 2.67. The lowest BCUT2D eigenvalue weighted by molar-refractivity contribution is 0.149. The van der Waals surface area contributed by atoms with Crippen LogP contribution in [0, 0.1) is 23.7 Å². The maximum absolute atomic E-state index is 5.74. The van der Waals surface area contributed by atoms with E-state index in [4.69, 9.17) is 12.3 Å². The molecule has 2 nitrogen and oxygen atoms in total. The smallest absolute Gasteiger partial charge is 0.0276 e. The highest BCUT2D eigenvalue weighted by Crippen LogP contribution is 2.46. The number of hydrazine groups is 1. The molecule has 1 aliphatic carbocycles. The predicted octanol–water partition coefficient (Wildman–Crippen LogP) is 2.84. The van der Waals surface area contributed by atoms with Crippen molar-refractivity contribution in [2.24, 2.45) is 17.2 Å². The lowest BCUT2D eigenvalue weighted by atomic mass is 9.71. The second-order valence-corrected chi connectivity index (χ2v) is 5.63. The number of terminal acetylenes is 1. The monoisotopic (exact) mass is 222 g/mol. The fourth-order valence-corrected chi connectivity index (χ4v) is 3.38. The Morgan fingerprint density at radius 3 is 2.44 bits per heavy atom. The maximum Gasteiger partial charge on any atom is 0.0276 e. The van der Waals surface area contributed by atoms with Gasteiger partial charge < -0.3 is 0 Å². The Hall–Kier alpha value is -0.520. The summed E-state index contributed by atoms with van der Waals surface area (Å²) in [5.74, 6) is 9.20. The van der Waals surface area contributed by atoms with E-state index in [9.17, 15) is 0 Å². The Labute approximate surface area is 100 Å². The van der Waals surface area contributed by atoms with E-state index in [2.05, 4.69) is 25.2 Å². The first kappa shape index (κ1) is 13.5. The van der Waals surface area contributed by atoms with Crippen LogP contribution in [-0.4, -0.2) is 6.04 Å². The number of nitrogens with one attached hydrogen (secondary N) is 1.